The Morgan fingerprint density at radius 3 is 2.28 bits per heavy atom. The van der Waals surface area contributed by atoms with Crippen LogP contribution < -0.4 is 10.0 Å². The zero-order valence-electron chi connectivity index (χ0n) is 13.1. The second kappa shape index (κ2) is 7.50. The van der Waals surface area contributed by atoms with Gasteiger partial charge in [-0.2, -0.15) is 0 Å². The minimum atomic E-state index is -3.76. The molecule has 0 fully saturated rings. The highest BCUT2D eigenvalue weighted by molar-refractivity contribution is 7.92. The van der Waals surface area contributed by atoms with Gasteiger partial charge in [-0.3, -0.25) is 4.72 Å². The molecule has 0 aliphatic heterocycles. The van der Waals surface area contributed by atoms with E-state index in [0.717, 1.165) is 5.56 Å². The Morgan fingerprint density at radius 1 is 0.880 bits per heavy atom. The SMILES string of the molecule is O=S(=O)(Nc1ccc(NCc2ccccc2)nn1)c1cccc(Cl)c1. The van der Waals surface area contributed by atoms with Gasteiger partial charge in [0.1, 0.15) is 5.82 Å². The Labute approximate surface area is 150 Å². The van der Waals surface area contributed by atoms with E-state index < -0.39 is 10.0 Å². The zero-order chi connectivity index (χ0) is 17.7. The summed E-state index contributed by atoms with van der Waals surface area (Å²) < 4.78 is 27.0. The molecule has 0 radical (unpaired) electrons. The van der Waals surface area contributed by atoms with Crippen LogP contribution in [0.25, 0.3) is 0 Å². The van der Waals surface area contributed by atoms with Crippen molar-refractivity contribution in [2.75, 3.05) is 10.0 Å². The molecule has 2 aromatic carbocycles. The second-order valence-corrected chi connectivity index (χ2v) is 7.32. The van der Waals surface area contributed by atoms with Gasteiger partial charge in [-0.25, -0.2) is 8.42 Å². The van der Waals surface area contributed by atoms with Crippen molar-refractivity contribution in [2.45, 2.75) is 11.4 Å². The molecule has 128 valence electrons. The van der Waals surface area contributed by atoms with Crippen molar-refractivity contribution in [3.05, 3.63) is 77.3 Å². The molecule has 0 bridgehead atoms. The molecule has 0 aliphatic rings. The average molecular weight is 375 g/mol. The summed E-state index contributed by atoms with van der Waals surface area (Å²) in [6, 6.07) is 19.0. The first-order valence-corrected chi connectivity index (χ1v) is 9.29. The Balaban J connectivity index is 1.66. The van der Waals surface area contributed by atoms with Crippen LogP contribution in [0.1, 0.15) is 5.56 Å². The molecule has 0 saturated carbocycles. The number of aromatic nitrogens is 2. The van der Waals surface area contributed by atoms with Crippen LogP contribution in [0.5, 0.6) is 0 Å². The lowest BCUT2D eigenvalue weighted by Crippen LogP contribution is -2.14. The van der Waals surface area contributed by atoms with Crippen LogP contribution in [0.2, 0.25) is 5.02 Å². The Kier molecular flexibility index (Phi) is 5.16. The standard InChI is InChI=1S/C17H15ClN4O2S/c18-14-7-4-8-15(11-14)25(23,24)22-17-10-9-16(20-21-17)19-12-13-5-2-1-3-6-13/h1-11H,12H2,(H,19,20)(H,21,22). The van der Waals surface area contributed by atoms with Crippen molar-refractivity contribution in [1.29, 1.82) is 0 Å². The van der Waals surface area contributed by atoms with Crippen molar-refractivity contribution in [1.82, 2.24) is 10.2 Å². The molecule has 6 nitrogen and oxygen atoms in total. The predicted octanol–water partition coefficient (Wildman–Crippen LogP) is 3.54. The topological polar surface area (TPSA) is 84.0 Å². The fourth-order valence-electron chi connectivity index (χ4n) is 2.10. The van der Waals surface area contributed by atoms with Gasteiger partial charge in [0, 0.05) is 11.6 Å². The quantitative estimate of drug-likeness (QED) is 0.689. The molecule has 0 aliphatic carbocycles. The molecule has 8 heteroatoms. The van der Waals surface area contributed by atoms with E-state index in [4.69, 9.17) is 11.6 Å². The van der Waals surface area contributed by atoms with E-state index in [1.54, 1.807) is 24.3 Å². The van der Waals surface area contributed by atoms with Gasteiger partial charge in [0.2, 0.25) is 0 Å². The first kappa shape index (κ1) is 17.2. The van der Waals surface area contributed by atoms with Gasteiger partial charge < -0.3 is 5.32 Å². The first-order valence-electron chi connectivity index (χ1n) is 7.43. The number of benzene rings is 2. The monoisotopic (exact) mass is 374 g/mol. The molecule has 3 aromatic rings. The predicted molar refractivity (Wildman–Crippen MR) is 98.1 cm³/mol. The Morgan fingerprint density at radius 2 is 1.60 bits per heavy atom. The average Bonchev–Trinajstić information content (AvgIpc) is 2.62. The summed E-state index contributed by atoms with van der Waals surface area (Å²) in [5, 5.41) is 11.3. The van der Waals surface area contributed by atoms with E-state index in [1.807, 2.05) is 30.3 Å². The third kappa shape index (κ3) is 4.68. The maximum Gasteiger partial charge on any atom is 0.263 e. The molecular formula is C17H15ClN4O2S. The smallest absolute Gasteiger partial charge is 0.263 e. The maximum absolute atomic E-state index is 12.3. The Hall–Kier alpha value is -2.64. The van der Waals surface area contributed by atoms with Crippen LogP contribution in [0.15, 0.2) is 71.6 Å². The number of halogens is 1. The van der Waals surface area contributed by atoms with Gasteiger partial charge in [0.25, 0.3) is 10.0 Å². The number of anilines is 2. The zero-order valence-corrected chi connectivity index (χ0v) is 14.6. The molecule has 0 spiro atoms. The fourth-order valence-corrected chi connectivity index (χ4v) is 3.40. The summed E-state index contributed by atoms with van der Waals surface area (Å²) in [6.45, 7) is 0.600. The normalized spacial score (nSPS) is 11.1. The molecule has 0 atom stereocenters. The van der Waals surface area contributed by atoms with Crippen LogP contribution in [0.3, 0.4) is 0 Å². The number of rotatable bonds is 6. The van der Waals surface area contributed by atoms with E-state index in [1.165, 1.54) is 12.1 Å². The second-order valence-electron chi connectivity index (χ2n) is 5.21. The summed E-state index contributed by atoms with van der Waals surface area (Å²) in [4.78, 5) is 0.0630. The van der Waals surface area contributed by atoms with Crippen LogP contribution >= 0.6 is 11.6 Å². The molecular weight excluding hydrogens is 360 g/mol. The number of hydrogen-bond acceptors (Lipinski definition) is 5. The van der Waals surface area contributed by atoms with Gasteiger partial charge in [-0.05, 0) is 35.9 Å². The molecule has 3 rings (SSSR count). The molecule has 1 aromatic heterocycles. The third-order valence-electron chi connectivity index (χ3n) is 3.33. The van der Waals surface area contributed by atoms with E-state index in [2.05, 4.69) is 20.2 Å². The highest BCUT2D eigenvalue weighted by Gasteiger charge is 2.15. The minimum absolute atomic E-state index is 0.0630. The van der Waals surface area contributed by atoms with Gasteiger partial charge in [0.15, 0.2) is 5.82 Å². The van der Waals surface area contributed by atoms with Crippen LogP contribution in [-0.2, 0) is 16.6 Å². The molecule has 0 amide bonds. The van der Waals surface area contributed by atoms with E-state index in [0.29, 0.717) is 17.4 Å². The summed E-state index contributed by atoms with van der Waals surface area (Å²) in [5.74, 6) is 0.680. The number of nitrogens with zero attached hydrogens (tertiary/aromatic N) is 2. The van der Waals surface area contributed by atoms with Gasteiger partial charge >= 0.3 is 0 Å². The molecule has 25 heavy (non-hydrogen) atoms. The Bertz CT molecular complexity index is 948. The summed E-state index contributed by atoms with van der Waals surface area (Å²) in [5.41, 5.74) is 1.11. The van der Waals surface area contributed by atoms with E-state index in [-0.39, 0.29) is 10.7 Å². The molecule has 2 N–H and O–H groups in total. The van der Waals surface area contributed by atoms with Gasteiger partial charge in [0.05, 0.1) is 4.90 Å². The highest BCUT2D eigenvalue weighted by Crippen LogP contribution is 2.18. The van der Waals surface area contributed by atoms with E-state index >= 15 is 0 Å². The number of nitrogens with one attached hydrogen (secondary N) is 2. The van der Waals surface area contributed by atoms with Crippen molar-refractivity contribution in [3.63, 3.8) is 0 Å². The summed E-state index contributed by atoms with van der Waals surface area (Å²) in [6.07, 6.45) is 0. The molecule has 0 saturated heterocycles. The van der Waals surface area contributed by atoms with Gasteiger partial charge in [-0.15, -0.1) is 10.2 Å². The number of sulfonamides is 1. The third-order valence-corrected chi connectivity index (χ3v) is 4.91. The van der Waals surface area contributed by atoms with Crippen molar-refractivity contribution in [2.24, 2.45) is 0 Å². The lowest BCUT2D eigenvalue weighted by molar-refractivity contribution is 0.601. The summed E-state index contributed by atoms with van der Waals surface area (Å²) >= 11 is 5.83. The minimum Gasteiger partial charge on any atom is -0.365 e. The largest absolute Gasteiger partial charge is 0.365 e. The van der Waals surface area contributed by atoms with Gasteiger partial charge in [-0.1, -0.05) is 48.0 Å². The van der Waals surface area contributed by atoms with Crippen LogP contribution in [-0.4, -0.2) is 18.6 Å². The lowest BCUT2D eigenvalue weighted by atomic mass is 10.2. The van der Waals surface area contributed by atoms with Crippen molar-refractivity contribution in [3.8, 4) is 0 Å². The molecule has 1 heterocycles. The van der Waals surface area contributed by atoms with E-state index in [9.17, 15) is 8.42 Å². The summed E-state index contributed by atoms with van der Waals surface area (Å²) in [7, 11) is -3.76. The maximum atomic E-state index is 12.3. The van der Waals surface area contributed by atoms with Crippen molar-refractivity contribution >= 4 is 33.3 Å². The molecule has 0 unspecified atom stereocenters. The first-order chi connectivity index (χ1) is 12.0. The lowest BCUT2D eigenvalue weighted by Gasteiger charge is -2.08. The highest BCUT2D eigenvalue weighted by atomic mass is 35.5. The fraction of sp³-hybridized carbons (Fsp3) is 0.0588. The van der Waals surface area contributed by atoms with Crippen LogP contribution in [0.4, 0.5) is 11.6 Å². The number of hydrogen-bond donors (Lipinski definition) is 2. The van der Waals surface area contributed by atoms with Crippen molar-refractivity contribution < 1.29 is 8.42 Å². The van der Waals surface area contributed by atoms with Crippen LogP contribution in [0, 0.1) is 0 Å².